The van der Waals surface area contributed by atoms with Crippen LogP contribution in [0.15, 0.2) is 18.2 Å². The molecule has 1 N–H and O–H groups in total. The zero-order valence-electron chi connectivity index (χ0n) is 9.96. The van der Waals surface area contributed by atoms with Crippen LogP contribution in [0.3, 0.4) is 0 Å². The highest BCUT2D eigenvalue weighted by Crippen LogP contribution is 2.33. The van der Waals surface area contributed by atoms with Crippen molar-refractivity contribution in [2.75, 3.05) is 18.0 Å². The summed E-state index contributed by atoms with van der Waals surface area (Å²) in [5, 5.41) is 29.7. The second kappa shape index (κ2) is 4.27. The molecule has 1 atom stereocenters. The van der Waals surface area contributed by atoms with Crippen LogP contribution in [0.1, 0.15) is 18.9 Å². The summed E-state index contributed by atoms with van der Waals surface area (Å²) in [4.78, 5) is 12.3. The predicted molar refractivity (Wildman–Crippen MR) is 65.3 cm³/mol. The molecule has 0 amide bonds. The number of anilines is 1. The Hall–Kier alpha value is -2.13. The van der Waals surface area contributed by atoms with Crippen LogP contribution in [0.4, 0.5) is 11.4 Å². The third-order valence-corrected chi connectivity index (χ3v) is 3.09. The van der Waals surface area contributed by atoms with Gasteiger partial charge in [0, 0.05) is 19.2 Å². The van der Waals surface area contributed by atoms with Crippen molar-refractivity contribution in [2.45, 2.75) is 18.9 Å². The molecule has 6 nitrogen and oxygen atoms in total. The summed E-state index contributed by atoms with van der Waals surface area (Å²) in [6.45, 7) is 2.64. The van der Waals surface area contributed by atoms with Gasteiger partial charge in [-0.1, -0.05) is 0 Å². The van der Waals surface area contributed by atoms with Crippen molar-refractivity contribution in [3.8, 4) is 6.07 Å². The topological polar surface area (TPSA) is 90.4 Å². The van der Waals surface area contributed by atoms with Gasteiger partial charge in [0.05, 0.1) is 22.2 Å². The normalized spacial score (nSPS) is 22.8. The maximum absolute atomic E-state index is 11.0. The van der Waals surface area contributed by atoms with Crippen LogP contribution in [0.25, 0.3) is 0 Å². The van der Waals surface area contributed by atoms with Crippen LogP contribution in [0.2, 0.25) is 0 Å². The monoisotopic (exact) mass is 247 g/mol. The molecule has 1 aromatic rings. The number of benzene rings is 1. The van der Waals surface area contributed by atoms with Crippen molar-refractivity contribution in [3.05, 3.63) is 33.9 Å². The first-order valence-electron chi connectivity index (χ1n) is 5.59. The lowest BCUT2D eigenvalue weighted by molar-refractivity contribution is -0.384. The van der Waals surface area contributed by atoms with E-state index in [9.17, 15) is 15.2 Å². The van der Waals surface area contributed by atoms with Gasteiger partial charge in [0.25, 0.3) is 5.69 Å². The van der Waals surface area contributed by atoms with Gasteiger partial charge in [-0.2, -0.15) is 5.26 Å². The van der Waals surface area contributed by atoms with Gasteiger partial charge in [-0.05, 0) is 25.5 Å². The minimum absolute atomic E-state index is 0.0910. The van der Waals surface area contributed by atoms with Gasteiger partial charge in [0.2, 0.25) is 0 Å². The Kier molecular flexibility index (Phi) is 2.93. The second-order valence-corrected chi connectivity index (χ2v) is 4.74. The van der Waals surface area contributed by atoms with E-state index in [-0.39, 0.29) is 11.3 Å². The van der Waals surface area contributed by atoms with Gasteiger partial charge >= 0.3 is 0 Å². The third-order valence-electron chi connectivity index (χ3n) is 3.09. The summed E-state index contributed by atoms with van der Waals surface area (Å²) in [6, 6.07) is 6.27. The smallest absolute Gasteiger partial charge is 0.293 e. The van der Waals surface area contributed by atoms with Crippen molar-refractivity contribution in [1.82, 2.24) is 0 Å². The second-order valence-electron chi connectivity index (χ2n) is 4.74. The molecule has 1 aromatic carbocycles. The number of hydrogen-bond donors (Lipinski definition) is 1. The van der Waals surface area contributed by atoms with E-state index in [1.165, 1.54) is 6.07 Å². The standard InChI is InChI=1S/C12H13N3O3/c1-12(16)4-5-14(8-12)10-3-2-9(7-13)6-11(10)15(17)18/h2-3,6,16H,4-5,8H2,1H3. The van der Waals surface area contributed by atoms with Gasteiger partial charge < -0.3 is 10.0 Å². The van der Waals surface area contributed by atoms with Crippen molar-refractivity contribution in [2.24, 2.45) is 0 Å². The molecule has 18 heavy (non-hydrogen) atoms. The molecule has 1 unspecified atom stereocenters. The molecule has 94 valence electrons. The van der Waals surface area contributed by atoms with Crippen LogP contribution in [0, 0.1) is 21.4 Å². The molecular formula is C12H13N3O3. The molecule has 1 saturated heterocycles. The van der Waals surface area contributed by atoms with E-state index in [1.807, 2.05) is 6.07 Å². The van der Waals surface area contributed by atoms with E-state index < -0.39 is 10.5 Å². The van der Waals surface area contributed by atoms with E-state index in [1.54, 1.807) is 24.0 Å². The summed E-state index contributed by atoms with van der Waals surface area (Å²) in [7, 11) is 0. The Bertz CT molecular complexity index is 534. The number of nitrogens with zero attached hydrogens (tertiary/aromatic N) is 3. The Labute approximate surface area is 104 Å². The van der Waals surface area contributed by atoms with E-state index in [4.69, 9.17) is 5.26 Å². The van der Waals surface area contributed by atoms with E-state index >= 15 is 0 Å². The first-order chi connectivity index (χ1) is 8.43. The number of rotatable bonds is 2. The Balaban J connectivity index is 2.40. The van der Waals surface area contributed by atoms with Gasteiger partial charge in [-0.3, -0.25) is 10.1 Å². The molecule has 0 radical (unpaired) electrons. The van der Waals surface area contributed by atoms with E-state index in [2.05, 4.69) is 0 Å². The highest BCUT2D eigenvalue weighted by Gasteiger charge is 2.34. The number of β-amino-alcohol motifs (C(OH)–C–C–N with tert-alkyl or cyclic N) is 1. The molecule has 1 aliphatic rings. The zero-order valence-corrected chi connectivity index (χ0v) is 9.96. The molecule has 6 heteroatoms. The molecule has 1 aliphatic heterocycles. The van der Waals surface area contributed by atoms with Gasteiger partial charge in [0.1, 0.15) is 5.69 Å². The lowest BCUT2D eigenvalue weighted by atomic mass is 10.1. The molecule has 1 heterocycles. The Morgan fingerprint density at radius 2 is 2.33 bits per heavy atom. The Morgan fingerprint density at radius 1 is 1.61 bits per heavy atom. The highest BCUT2D eigenvalue weighted by atomic mass is 16.6. The van der Waals surface area contributed by atoms with Gasteiger partial charge in [-0.15, -0.1) is 0 Å². The summed E-state index contributed by atoms with van der Waals surface area (Å²) < 4.78 is 0. The van der Waals surface area contributed by atoms with Crippen LogP contribution in [-0.2, 0) is 0 Å². The highest BCUT2D eigenvalue weighted by molar-refractivity contribution is 5.66. The van der Waals surface area contributed by atoms with Crippen LogP contribution in [0.5, 0.6) is 0 Å². The maximum Gasteiger partial charge on any atom is 0.293 e. The molecule has 2 rings (SSSR count). The summed E-state index contributed by atoms with van der Waals surface area (Å²) in [5.74, 6) is 0. The average Bonchev–Trinajstić information content (AvgIpc) is 2.68. The average molecular weight is 247 g/mol. The minimum Gasteiger partial charge on any atom is -0.388 e. The molecule has 0 saturated carbocycles. The number of hydrogen-bond acceptors (Lipinski definition) is 5. The van der Waals surface area contributed by atoms with E-state index in [0.717, 1.165) is 0 Å². The third kappa shape index (κ3) is 2.26. The maximum atomic E-state index is 11.0. The number of nitriles is 1. The first kappa shape index (κ1) is 12.3. The predicted octanol–water partition coefficient (Wildman–Crippen LogP) is 1.43. The van der Waals surface area contributed by atoms with Crippen LogP contribution >= 0.6 is 0 Å². The molecule has 0 aliphatic carbocycles. The molecule has 0 bridgehead atoms. The van der Waals surface area contributed by atoms with Gasteiger partial charge in [-0.25, -0.2) is 0 Å². The fourth-order valence-corrected chi connectivity index (χ4v) is 2.16. The molecular weight excluding hydrogens is 234 g/mol. The molecule has 1 fully saturated rings. The zero-order chi connectivity index (χ0) is 13.3. The molecule has 0 spiro atoms. The number of aliphatic hydroxyl groups is 1. The SMILES string of the molecule is CC1(O)CCN(c2ccc(C#N)cc2[N+](=O)[O-])C1. The quantitative estimate of drug-likeness (QED) is 0.630. The van der Waals surface area contributed by atoms with Crippen molar-refractivity contribution in [3.63, 3.8) is 0 Å². The lowest BCUT2D eigenvalue weighted by Gasteiger charge is -2.20. The summed E-state index contributed by atoms with van der Waals surface area (Å²) in [6.07, 6.45) is 0.574. The fourth-order valence-electron chi connectivity index (χ4n) is 2.16. The number of nitro benzene ring substituents is 1. The van der Waals surface area contributed by atoms with Crippen molar-refractivity contribution in [1.29, 1.82) is 5.26 Å². The minimum atomic E-state index is -0.818. The van der Waals surface area contributed by atoms with Gasteiger partial charge in [0.15, 0.2) is 0 Å². The van der Waals surface area contributed by atoms with E-state index in [0.29, 0.717) is 25.2 Å². The first-order valence-corrected chi connectivity index (χ1v) is 5.59. The summed E-state index contributed by atoms with van der Waals surface area (Å²) >= 11 is 0. The van der Waals surface area contributed by atoms with Crippen molar-refractivity contribution >= 4 is 11.4 Å². The number of nitro groups is 1. The largest absolute Gasteiger partial charge is 0.388 e. The fraction of sp³-hybridized carbons (Fsp3) is 0.417. The lowest BCUT2D eigenvalue weighted by Crippen LogP contribution is -2.29. The van der Waals surface area contributed by atoms with Crippen LogP contribution < -0.4 is 4.90 Å². The van der Waals surface area contributed by atoms with Crippen molar-refractivity contribution < 1.29 is 10.0 Å². The molecule has 0 aromatic heterocycles. The Morgan fingerprint density at radius 3 is 2.83 bits per heavy atom. The van der Waals surface area contributed by atoms with Crippen LogP contribution in [-0.4, -0.2) is 28.7 Å². The summed E-state index contributed by atoms with van der Waals surface area (Å²) in [5.41, 5.74) is -0.193.